The lowest BCUT2D eigenvalue weighted by molar-refractivity contribution is -0.114. The molecule has 0 bridgehead atoms. The first-order valence-corrected chi connectivity index (χ1v) is 9.35. The van der Waals surface area contributed by atoms with E-state index in [4.69, 9.17) is 16.3 Å². The highest BCUT2D eigenvalue weighted by atomic mass is 35.5. The average Bonchev–Trinajstić information content (AvgIpc) is 3.00. The van der Waals surface area contributed by atoms with E-state index in [0.717, 1.165) is 6.42 Å². The number of amides is 2. The van der Waals surface area contributed by atoms with Crippen LogP contribution in [0.25, 0.3) is 11.0 Å². The Hall–Kier alpha value is -2.68. The SMILES string of the molecule is CC(=O)Nc1nc(N2CC[C@@H](NC(=O)OC(C)(C)C)C2)c2nc(Cl)ccc2n1. The predicted octanol–water partition coefficient (Wildman–Crippen LogP) is 2.74. The smallest absolute Gasteiger partial charge is 0.407 e. The Morgan fingerprint density at radius 1 is 1.25 bits per heavy atom. The largest absolute Gasteiger partial charge is 0.444 e. The van der Waals surface area contributed by atoms with Crippen molar-refractivity contribution in [3.63, 3.8) is 0 Å². The number of nitrogens with one attached hydrogen (secondary N) is 2. The van der Waals surface area contributed by atoms with Crippen LogP contribution in [0.5, 0.6) is 0 Å². The van der Waals surface area contributed by atoms with E-state index in [1.807, 2.05) is 25.7 Å². The van der Waals surface area contributed by atoms with E-state index in [1.54, 1.807) is 12.1 Å². The molecule has 2 N–H and O–H groups in total. The summed E-state index contributed by atoms with van der Waals surface area (Å²) in [6, 6.07) is 3.27. The molecule has 150 valence electrons. The number of ether oxygens (including phenoxy) is 1. The Bertz CT molecular complexity index is 914. The maximum Gasteiger partial charge on any atom is 0.407 e. The van der Waals surface area contributed by atoms with Gasteiger partial charge in [0, 0.05) is 20.0 Å². The fraction of sp³-hybridized carbons (Fsp3) is 0.500. The van der Waals surface area contributed by atoms with Crippen molar-refractivity contribution in [3.8, 4) is 0 Å². The van der Waals surface area contributed by atoms with Crippen molar-refractivity contribution in [2.24, 2.45) is 0 Å². The molecule has 10 heteroatoms. The number of aromatic nitrogens is 3. The monoisotopic (exact) mass is 406 g/mol. The van der Waals surface area contributed by atoms with E-state index in [9.17, 15) is 9.59 Å². The van der Waals surface area contributed by atoms with Gasteiger partial charge in [-0.25, -0.2) is 14.8 Å². The molecule has 1 aliphatic heterocycles. The molecule has 0 aliphatic carbocycles. The summed E-state index contributed by atoms with van der Waals surface area (Å²) >= 11 is 6.05. The van der Waals surface area contributed by atoms with Gasteiger partial charge in [-0.15, -0.1) is 0 Å². The molecule has 2 aromatic rings. The number of rotatable bonds is 3. The van der Waals surface area contributed by atoms with Crippen LogP contribution in [0.1, 0.15) is 34.1 Å². The summed E-state index contributed by atoms with van der Waals surface area (Å²) in [6.45, 7) is 8.03. The second-order valence-corrected chi connectivity index (χ2v) is 8.02. The highest BCUT2D eigenvalue weighted by molar-refractivity contribution is 6.29. The van der Waals surface area contributed by atoms with Crippen molar-refractivity contribution in [2.45, 2.75) is 45.8 Å². The number of hydrogen-bond acceptors (Lipinski definition) is 7. The van der Waals surface area contributed by atoms with Gasteiger partial charge in [0.2, 0.25) is 11.9 Å². The average molecular weight is 407 g/mol. The predicted molar refractivity (Wildman–Crippen MR) is 107 cm³/mol. The van der Waals surface area contributed by atoms with Crippen LogP contribution < -0.4 is 15.5 Å². The maximum atomic E-state index is 12.0. The summed E-state index contributed by atoms with van der Waals surface area (Å²) in [5, 5.41) is 5.81. The van der Waals surface area contributed by atoms with E-state index in [-0.39, 0.29) is 17.9 Å². The Morgan fingerprint density at radius 3 is 2.68 bits per heavy atom. The highest BCUT2D eigenvalue weighted by Gasteiger charge is 2.29. The summed E-state index contributed by atoms with van der Waals surface area (Å²) in [7, 11) is 0. The van der Waals surface area contributed by atoms with Gasteiger partial charge in [-0.1, -0.05) is 11.6 Å². The van der Waals surface area contributed by atoms with Crippen molar-refractivity contribution in [3.05, 3.63) is 17.3 Å². The number of anilines is 2. The first kappa shape index (κ1) is 20.1. The number of nitrogens with zero attached hydrogens (tertiary/aromatic N) is 4. The summed E-state index contributed by atoms with van der Waals surface area (Å²) in [5.74, 6) is 0.491. The number of halogens is 1. The molecule has 1 fully saturated rings. The lowest BCUT2D eigenvalue weighted by Crippen LogP contribution is -2.40. The van der Waals surface area contributed by atoms with Gasteiger partial charge in [0.1, 0.15) is 16.3 Å². The van der Waals surface area contributed by atoms with E-state index in [2.05, 4.69) is 25.6 Å². The third kappa shape index (κ3) is 4.98. The fourth-order valence-corrected chi connectivity index (χ4v) is 3.10. The Kier molecular flexibility index (Phi) is 5.55. The van der Waals surface area contributed by atoms with Crippen molar-refractivity contribution in [2.75, 3.05) is 23.3 Å². The van der Waals surface area contributed by atoms with Gasteiger partial charge < -0.3 is 15.0 Å². The number of hydrogen-bond donors (Lipinski definition) is 2. The molecule has 9 nitrogen and oxygen atoms in total. The van der Waals surface area contributed by atoms with Crippen molar-refractivity contribution in [1.29, 1.82) is 0 Å². The molecule has 1 atom stereocenters. The number of pyridine rings is 1. The van der Waals surface area contributed by atoms with Gasteiger partial charge in [0.05, 0.1) is 11.6 Å². The third-order valence-corrected chi connectivity index (χ3v) is 4.20. The zero-order valence-electron chi connectivity index (χ0n) is 16.2. The van der Waals surface area contributed by atoms with Crippen LogP contribution in [0.3, 0.4) is 0 Å². The van der Waals surface area contributed by atoms with Gasteiger partial charge in [0.15, 0.2) is 5.82 Å². The fourth-order valence-electron chi connectivity index (χ4n) is 2.95. The van der Waals surface area contributed by atoms with Crippen LogP contribution in [0, 0.1) is 0 Å². The minimum Gasteiger partial charge on any atom is -0.444 e. The van der Waals surface area contributed by atoms with Crippen LogP contribution in [0.4, 0.5) is 16.6 Å². The van der Waals surface area contributed by atoms with E-state index in [1.165, 1.54) is 6.92 Å². The van der Waals surface area contributed by atoms with Crippen LogP contribution in [0.2, 0.25) is 5.15 Å². The molecule has 0 radical (unpaired) electrons. The lowest BCUT2D eigenvalue weighted by Gasteiger charge is -2.22. The Morgan fingerprint density at radius 2 is 2.00 bits per heavy atom. The molecular formula is C18H23ClN6O3. The molecule has 1 aliphatic rings. The van der Waals surface area contributed by atoms with Gasteiger partial charge in [-0.2, -0.15) is 4.98 Å². The Balaban J connectivity index is 1.83. The molecule has 28 heavy (non-hydrogen) atoms. The number of carbonyl (C=O) groups is 2. The molecule has 0 saturated carbocycles. The standard InChI is InChI=1S/C18H23ClN6O3/c1-10(26)20-16-22-12-5-6-13(19)23-14(12)15(24-16)25-8-7-11(9-25)21-17(27)28-18(2,3)4/h5-6,11H,7-9H2,1-4H3,(H,21,27)(H,20,22,24,26)/t11-/m1/s1. The quantitative estimate of drug-likeness (QED) is 0.754. The van der Waals surface area contributed by atoms with Crippen molar-refractivity contribution < 1.29 is 14.3 Å². The molecule has 0 unspecified atom stereocenters. The summed E-state index contributed by atoms with van der Waals surface area (Å²) in [4.78, 5) is 38.6. The van der Waals surface area contributed by atoms with Gasteiger partial charge in [0.25, 0.3) is 0 Å². The van der Waals surface area contributed by atoms with Gasteiger partial charge in [-0.05, 0) is 39.3 Å². The molecule has 2 amide bonds. The third-order valence-electron chi connectivity index (χ3n) is 3.99. The molecule has 3 heterocycles. The van der Waals surface area contributed by atoms with Crippen LogP contribution in [-0.4, -0.2) is 51.7 Å². The zero-order valence-corrected chi connectivity index (χ0v) is 17.0. The normalized spacial score (nSPS) is 16.9. The summed E-state index contributed by atoms with van der Waals surface area (Å²) < 4.78 is 5.32. The molecule has 0 spiro atoms. The number of alkyl carbamates (subject to hydrolysis) is 1. The van der Waals surface area contributed by atoms with Crippen LogP contribution in [-0.2, 0) is 9.53 Å². The van der Waals surface area contributed by atoms with Gasteiger partial charge >= 0.3 is 6.09 Å². The second-order valence-electron chi connectivity index (χ2n) is 7.63. The minimum atomic E-state index is -0.556. The molecule has 1 saturated heterocycles. The van der Waals surface area contributed by atoms with Crippen LogP contribution in [0.15, 0.2) is 12.1 Å². The minimum absolute atomic E-state index is 0.0942. The summed E-state index contributed by atoms with van der Waals surface area (Å²) in [5.41, 5.74) is 0.556. The molecule has 3 rings (SSSR count). The van der Waals surface area contributed by atoms with Crippen molar-refractivity contribution in [1.82, 2.24) is 20.3 Å². The Labute approximate surface area is 167 Å². The number of carbonyl (C=O) groups excluding carboxylic acids is 2. The molecule has 0 aromatic carbocycles. The first-order chi connectivity index (χ1) is 13.1. The molecule has 2 aromatic heterocycles. The van der Waals surface area contributed by atoms with E-state index < -0.39 is 11.7 Å². The topological polar surface area (TPSA) is 109 Å². The maximum absolute atomic E-state index is 12.0. The van der Waals surface area contributed by atoms with Crippen molar-refractivity contribution >= 4 is 46.4 Å². The zero-order chi connectivity index (χ0) is 20.5. The highest BCUT2D eigenvalue weighted by Crippen LogP contribution is 2.28. The van der Waals surface area contributed by atoms with E-state index in [0.29, 0.717) is 35.1 Å². The summed E-state index contributed by atoms with van der Waals surface area (Å²) in [6.07, 6.45) is 0.271. The first-order valence-electron chi connectivity index (χ1n) is 8.97. The van der Waals surface area contributed by atoms with Crippen LogP contribution >= 0.6 is 11.6 Å². The second kappa shape index (κ2) is 7.75. The van der Waals surface area contributed by atoms with E-state index >= 15 is 0 Å². The molecular weight excluding hydrogens is 384 g/mol. The number of fused-ring (bicyclic) bond motifs is 1. The van der Waals surface area contributed by atoms with Gasteiger partial charge in [-0.3, -0.25) is 10.1 Å². The lowest BCUT2D eigenvalue weighted by atomic mass is 10.2.